The number of carboxylic acids is 1. The molecule has 28 heavy (non-hydrogen) atoms. The van der Waals surface area contributed by atoms with Crippen molar-refractivity contribution in [3.05, 3.63) is 76.0 Å². The number of benzene rings is 2. The van der Waals surface area contributed by atoms with Crippen LogP contribution in [0.15, 0.2) is 54.7 Å². The molecule has 2 N–H and O–H groups in total. The number of aromatic carboxylic acids is 1. The van der Waals surface area contributed by atoms with Gasteiger partial charge in [0.05, 0.1) is 12.3 Å². The van der Waals surface area contributed by atoms with E-state index in [0.29, 0.717) is 21.3 Å². The number of hydrogen-bond donors (Lipinski definition) is 2. The van der Waals surface area contributed by atoms with Crippen molar-refractivity contribution in [1.29, 1.82) is 0 Å². The second-order valence-electron chi connectivity index (χ2n) is 6.03. The molecule has 0 aliphatic rings. The van der Waals surface area contributed by atoms with Crippen molar-refractivity contribution in [2.45, 2.75) is 6.61 Å². The van der Waals surface area contributed by atoms with Crippen molar-refractivity contribution < 1.29 is 15.0 Å². The van der Waals surface area contributed by atoms with Crippen LogP contribution in [0.3, 0.4) is 0 Å². The SMILES string of the molecule is O=C(O)c1c(CO)nn2c(-c3ccc(Cl)cc3)c(-c3ccccc3Cl)cnc12. The van der Waals surface area contributed by atoms with Gasteiger partial charge in [-0.2, -0.15) is 5.10 Å². The van der Waals surface area contributed by atoms with Gasteiger partial charge in [-0.1, -0.05) is 53.5 Å². The van der Waals surface area contributed by atoms with Crippen LogP contribution in [-0.4, -0.2) is 30.8 Å². The van der Waals surface area contributed by atoms with Crippen LogP contribution in [0.1, 0.15) is 16.1 Å². The molecule has 0 unspecified atom stereocenters. The van der Waals surface area contributed by atoms with Crippen LogP contribution >= 0.6 is 23.2 Å². The molecule has 0 spiro atoms. The predicted octanol–water partition coefficient (Wildman–Crippen LogP) is 4.56. The van der Waals surface area contributed by atoms with E-state index in [1.54, 1.807) is 36.5 Å². The highest BCUT2D eigenvalue weighted by Gasteiger charge is 2.24. The summed E-state index contributed by atoms with van der Waals surface area (Å²) >= 11 is 12.4. The molecule has 2 aromatic heterocycles. The monoisotopic (exact) mass is 413 g/mol. The number of aliphatic hydroxyl groups is 1. The molecule has 4 rings (SSSR count). The lowest BCUT2D eigenvalue weighted by molar-refractivity contribution is 0.0695. The fraction of sp³-hybridized carbons (Fsp3) is 0.0500. The van der Waals surface area contributed by atoms with Crippen LogP contribution in [-0.2, 0) is 6.61 Å². The summed E-state index contributed by atoms with van der Waals surface area (Å²) in [4.78, 5) is 16.0. The van der Waals surface area contributed by atoms with Crippen LogP contribution in [0, 0.1) is 0 Å². The summed E-state index contributed by atoms with van der Waals surface area (Å²) in [6, 6.07) is 14.3. The molecular formula is C20H13Cl2N3O3. The molecular weight excluding hydrogens is 401 g/mol. The molecule has 0 aliphatic carbocycles. The third kappa shape index (κ3) is 3.01. The number of rotatable bonds is 4. The van der Waals surface area contributed by atoms with Gasteiger partial charge < -0.3 is 10.2 Å². The molecule has 4 aromatic rings. The topological polar surface area (TPSA) is 87.7 Å². The van der Waals surface area contributed by atoms with Gasteiger partial charge in [-0.25, -0.2) is 14.3 Å². The standard InChI is InChI=1S/C20H13Cl2N3O3/c21-12-7-5-11(6-8-12)18-14(13-3-1-2-4-15(13)22)9-23-19-17(20(27)28)16(10-26)24-25(18)19/h1-9,26H,10H2,(H,27,28). The van der Waals surface area contributed by atoms with E-state index < -0.39 is 12.6 Å². The minimum Gasteiger partial charge on any atom is -0.477 e. The number of halogens is 2. The lowest BCUT2D eigenvalue weighted by Crippen LogP contribution is -2.03. The Morgan fingerprint density at radius 2 is 1.75 bits per heavy atom. The van der Waals surface area contributed by atoms with Crippen molar-refractivity contribution in [2.75, 3.05) is 0 Å². The van der Waals surface area contributed by atoms with E-state index in [9.17, 15) is 15.0 Å². The van der Waals surface area contributed by atoms with E-state index >= 15 is 0 Å². The third-order valence-electron chi connectivity index (χ3n) is 4.36. The number of carbonyl (C=O) groups is 1. The van der Waals surface area contributed by atoms with Crippen molar-refractivity contribution in [1.82, 2.24) is 14.6 Å². The summed E-state index contributed by atoms with van der Waals surface area (Å²) in [6.45, 7) is -0.521. The zero-order valence-electron chi connectivity index (χ0n) is 14.3. The minimum absolute atomic E-state index is 0.0338. The molecule has 0 fully saturated rings. The van der Waals surface area contributed by atoms with Gasteiger partial charge in [-0.05, 0) is 18.2 Å². The largest absolute Gasteiger partial charge is 0.477 e. The van der Waals surface area contributed by atoms with Crippen molar-refractivity contribution >= 4 is 34.8 Å². The number of nitrogens with zero attached hydrogens (tertiary/aromatic N) is 3. The molecule has 8 heteroatoms. The van der Waals surface area contributed by atoms with E-state index in [0.717, 1.165) is 11.1 Å². The van der Waals surface area contributed by atoms with Crippen molar-refractivity contribution in [2.24, 2.45) is 0 Å². The van der Waals surface area contributed by atoms with Crippen LogP contribution in [0.5, 0.6) is 0 Å². The first-order valence-electron chi connectivity index (χ1n) is 8.27. The Morgan fingerprint density at radius 3 is 2.39 bits per heavy atom. The molecule has 0 saturated heterocycles. The highest BCUT2D eigenvalue weighted by atomic mass is 35.5. The number of aliphatic hydroxyl groups excluding tert-OH is 1. The zero-order valence-corrected chi connectivity index (χ0v) is 15.8. The van der Waals surface area contributed by atoms with Crippen LogP contribution < -0.4 is 0 Å². The first-order chi connectivity index (χ1) is 13.5. The lowest BCUT2D eigenvalue weighted by Gasteiger charge is -2.13. The van der Waals surface area contributed by atoms with Crippen LogP contribution in [0.4, 0.5) is 0 Å². The first-order valence-corrected chi connectivity index (χ1v) is 9.02. The average molecular weight is 414 g/mol. The van der Waals surface area contributed by atoms with Gasteiger partial charge in [-0.3, -0.25) is 0 Å². The summed E-state index contributed by atoms with van der Waals surface area (Å²) < 4.78 is 1.43. The Labute approximate surface area is 169 Å². The van der Waals surface area contributed by atoms with E-state index in [1.807, 2.05) is 18.2 Å². The summed E-state index contributed by atoms with van der Waals surface area (Å²) in [5.74, 6) is -1.21. The van der Waals surface area contributed by atoms with E-state index in [2.05, 4.69) is 10.1 Å². The van der Waals surface area contributed by atoms with Crippen LogP contribution in [0.25, 0.3) is 28.0 Å². The summed E-state index contributed by atoms with van der Waals surface area (Å²) in [5, 5.41) is 24.6. The summed E-state index contributed by atoms with van der Waals surface area (Å²) in [7, 11) is 0. The molecule has 0 amide bonds. The van der Waals surface area contributed by atoms with Crippen molar-refractivity contribution in [3.8, 4) is 22.4 Å². The predicted molar refractivity (Wildman–Crippen MR) is 107 cm³/mol. The number of carboxylic acid groups (broad SMARTS) is 1. The molecule has 2 heterocycles. The molecule has 0 bridgehead atoms. The number of fused-ring (bicyclic) bond motifs is 1. The van der Waals surface area contributed by atoms with Crippen LogP contribution in [0.2, 0.25) is 10.0 Å². The maximum atomic E-state index is 11.7. The third-order valence-corrected chi connectivity index (χ3v) is 4.94. The van der Waals surface area contributed by atoms with Gasteiger partial charge >= 0.3 is 5.97 Å². The van der Waals surface area contributed by atoms with Gasteiger partial charge in [0.15, 0.2) is 5.65 Å². The molecule has 0 aliphatic heterocycles. The van der Waals surface area contributed by atoms with E-state index in [1.165, 1.54) is 4.52 Å². The lowest BCUT2D eigenvalue weighted by atomic mass is 10.0. The normalized spacial score (nSPS) is 11.1. The molecule has 0 saturated carbocycles. The molecule has 6 nitrogen and oxygen atoms in total. The molecule has 0 radical (unpaired) electrons. The summed E-state index contributed by atoms with van der Waals surface area (Å²) in [5.41, 5.74) is 2.77. The second kappa shape index (κ2) is 7.24. The minimum atomic E-state index is -1.21. The highest BCUT2D eigenvalue weighted by Crippen LogP contribution is 2.36. The Balaban J connectivity index is 2.13. The smallest absolute Gasteiger partial charge is 0.341 e. The Morgan fingerprint density at radius 1 is 1.04 bits per heavy atom. The van der Waals surface area contributed by atoms with E-state index in [4.69, 9.17) is 23.2 Å². The maximum Gasteiger partial charge on any atom is 0.341 e. The molecule has 140 valence electrons. The fourth-order valence-electron chi connectivity index (χ4n) is 3.12. The maximum absolute atomic E-state index is 11.7. The van der Waals surface area contributed by atoms with Gasteiger partial charge in [0.1, 0.15) is 11.3 Å². The Hall–Kier alpha value is -2.93. The van der Waals surface area contributed by atoms with Gasteiger partial charge in [0.2, 0.25) is 0 Å². The average Bonchev–Trinajstić information content (AvgIpc) is 3.07. The highest BCUT2D eigenvalue weighted by molar-refractivity contribution is 6.33. The molecule has 2 aromatic carbocycles. The van der Waals surface area contributed by atoms with E-state index in [-0.39, 0.29) is 16.9 Å². The van der Waals surface area contributed by atoms with Gasteiger partial charge in [0, 0.05) is 32.9 Å². The van der Waals surface area contributed by atoms with Crippen molar-refractivity contribution in [3.63, 3.8) is 0 Å². The zero-order chi connectivity index (χ0) is 19.8. The van der Waals surface area contributed by atoms with Gasteiger partial charge in [0.25, 0.3) is 0 Å². The van der Waals surface area contributed by atoms with Gasteiger partial charge in [-0.15, -0.1) is 0 Å². The Bertz CT molecular complexity index is 1200. The number of hydrogen-bond acceptors (Lipinski definition) is 4. The summed E-state index contributed by atoms with van der Waals surface area (Å²) in [6.07, 6.45) is 1.57. The number of aromatic nitrogens is 3. The Kier molecular flexibility index (Phi) is 4.77. The second-order valence-corrected chi connectivity index (χ2v) is 6.87. The molecule has 0 atom stereocenters. The quantitative estimate of drug-likeness (QED) is 0.511. The first kappa shape index (κ1) is 18.4. The fourth-order valence-corrected chi connectivity index (χ4v) is 3.48.